The summed E-state index contributed by atoms with van der Waals surface area (Å²) in [5.74, 6) is -0.761. The molecule has 2 atom stereocenters. The van der Waals surface area contributed by atoms with Gasteiger partial charge in [0.25, 0.3) is 0 Å². The molecule has 1 saturated heterocycles. The zero-order chi connectivity index (χ0) is 15.5. The van der Waals surface area contributed by atoms with Gasteiger partial charge >= 0.3 is 0 Å². The van der Waals surface area contributed by atoms with E-state index in [-0.39, 0.29) is 30.6 Å². The molecule has 1 aromatic rings. The van der Waals surface area contributed by atoms with Crippen LogP contribution in [0.2, 0.25) is 0 Å². The number of halogens is 2. The molecular weight excluding hydrogens is 321 g/mol. The fraction of sp³-hybridized carbons (Fsp3) is 0.500. The Balaban J connectivity index is 0.00000192. The molecule has 2 heterocycles. The van der Waals surface area contributed by atoms with E-state index in [1.165, 1.54) is 12.1 Å². The Morgan fingerprint density at radius 1 is 1.39 bits per heavy atom. The molecule has 7 heteroatoms. The molecule has 0 spiro atoms. The number of fused-ring (bicyclic) bond motifs is 1. The minimum atomic E-state index is -0.536. The first-order chi connectivity index (χ1) is 10.6. The molecule has 0 bridgehead atoms. The van der Waals surface area contributed by atoms with Gasteiger partial charge in [-0.15, -0.1) is 12.4 Å². The van der Waals surface area contributed by atoms with E-state index >= 15 is 0 Å². The summed E-state index contributed by atoms with van der Waals surface area (Å²) in [6.07, 6.45) is 2.19. The fourth-order valence-corrected chi connectivity index (χ4v) is 3.15. The largest absolute Gasteiger partial charge is 0.356 e. The van der Waals surface area contributed by atoms with Crippen LogP contribution in [0.3, 0.4) is 0 Å². The highest BCUT2D eigenvalue weighted by molar-refractivity contribution is 6.01. The molecule has 2 amide bonds. The lowest BCUT2D eigenvalue weighted by Gasteiger charge is -2.25. The molecule has 0 saturated carbocycles. The van der Waals surface area contributed by atoms with Gasteiger partial charge in [0.05, 0.1) is 5.92 Å². The summed E-state index contributed by atoms with van der Waals surface area (Å²) in [5.41, 5.74) is 1.08. The van der Waals surface area contributed by atoms with Gasteiger partial charge in [0.2, 0.25) is 11.8 Å². The third kappa shape index (κ3) is 4.20. The number of rotatable bonds is 4. The van der Waals surface area contributed by atoms with Crippen LogP contribution in [0.15, 0.2) is 18.2 Å². The number of nitrogens with one attached hydrogen (secondary N) is 3. The first kappa shape index (κ1) is 17.7. The lowest BCUT2D eigenvalue weighted by molar-refractivity contribution is -0.126. The van der Waals surface area contributed by atoms with E-state index in [9.17, 15) is 14.0 Å². The van der Waals surface area contributed by atoms with Crippen LogP contribution < -0.4 is 16.0 Å². The second kappa shape index (κ2) is 7.75. The van der Waals surface area contributed by atoms with Crippen molar-refractivity contribution >= 4 is 29.9 Å². The minimum absolute atomic E-state index is 0. The van der Waals surface area contributed by atoms with E-state index in [4.69, 9.17) is 0 Å². The van der Waals surface area contributed by atoms with Gasteiger partial charge in [-0.25, -0.2) is 4.39 Å². The molecule has 3 N–H and O–H groups in total. The lowest BCUT2D eigenvalue weighted by atomic mass is 9.89. The van der Waals surface area contributed by atoms with Crippen molar-refractivity contribution in [2.45, 2.75) is 25.2 Å². The van der Waals surface area contributed by atoms with Crippen molar-refractivity contribution in [1.82, 2.24) is 10.6 Å². The highest BCUT2D eigenvalue weighted by Gasteiger charge is 2.30. The summed E-state index contributed by atoms with van der Waals surface area (Å²) in [6, 6.07) is 4.16. The number of carbonyl (C=O) groups is 2. The SMILES string of the molecule is Cl.O=C1CC(C(=O)NCCC2CCNC2)c2ccc(F)cc2N1. The monoisotopic (exact) mass is 341 g/mol. The van der Waals surface area contributed by atoms with Gasteiger partial charge in [0, 0.05) is 18.7 Å². The third-order valence-corrected chi connectivity index (χ3v) is 4.39. The molecule has 2 aliphatic rings. The quantitative estimate of drug-likeness (QED) is 0.782. The molecule has 0 aromatic heterocycles. The number of hydrogen-bond acceptors (Lipinski definition) is 3. The Hall–Kier alpha value is -1.66. The molecule has 0 radical (unpaired) electrons. The molecule has 3 rings (SSSR count). The van der Waals surface area contributed by atoms with Crippen LogP contribution >= 0.6 is 12.4 Å². The predicted molar refractivity (Wildman–Crippen MR) is 88.2 cm³/mol. The first-order valence-electron chi connectivity index (χ1n) is 7.71. The van der Waals surface area contributed by atoms with E-state index in [0.717, 1.165) is 25.9 Å². The Kier molecular flexibility index (Phi) is 5.96. The summed E-state index contributed by atoms with van der Waals surface area (Å²) < 4.78 is 13.3. The normalized spacial score (nSPS) is 22.7. The van der Waals surface area contributed by atoms with Crippen LogP contribution in [-0.2, 0) is 9.59 Å². The second-order valence-corrected chi connectivity index (χ2v) is 5.97. The number of amides is 2. The lowest BCUT2D eigenvalue weighted by Crippen LogP contribution is -2.36. The molecule has 1 fully saturated rings. The van der Waals surface area contributed by atoms with Crippen molar-refractivity contribution in [3.63, 3.8) is 0 Å². The van der Waals surface area contributed by atoms with Crippen LogP contribution in [0.1, 0.15) is 30.7 Å². The van der Waals surface area contributed by atoms with Gasteiger partial charge in [-0.05, 0) is 49.5 Å². The first-order valence-corrected chi connectivity index (χ1v) is 7.71. The molecule has 0 aliphatic carbocycles. The average molecular weight is 342 g/mol. The highest BCUT2D eigenvalue weighted by Crippen LogP contribution is 2.32. The van der Waals surface area contributed by atoms with Crippen LogP contribution in [0.5, 0.6) is 0 Å². The van der Waals surface area contributed by atoms with Crippen molar-refractivity contribution in [1.29, 1.82) is 0 Å². The number of anilines is 1. The van der Waals surface area contributed by atoms with Gasteiger partial charge in [0.1, 0.15) is 5.82 Å². The van der Waals surface area contributed by atoms with E-state index in [1.54, 1.807) is 6.07 Å². The van der Waals surface area contributed by atoms with E-state index in [0.29, 0.717) is 23.7 Å². The van der Waals surface area contributed by atoms with Crippen molar-refractivity contribution < 1.29 is 14.0 Å². The molecule has 126 valence electrons. The van der Waals surface area contributed by atoms with Crippen LogP contribution in [0.4, 0.5) is 10.1 Å². The maximum Gasteiger partial charge on any atom is 0.228 e. The standard InChI is InChI=1S/C16H20FN3O2.ClH/c17-11-1-2-12-13(8-15(21)20-14(12)7-11)16(22)19-6-4-10-3-5-18-9-10;/h1-2,7,10,13,18H,3-6,8-9H2,(H,19,22)(H,20,21);1H. The maximum absolute atomic E-state index is 13.3. The van der Waals surface area contributed by atoms with Gasteiger partial charge in [0.15, 0.2) is 0 Å². The summed E-state index contributed by atoms with van der Waals surface area (Å²) in [7, 11) is 0. The Morgan fingerprint density at radius 2 is 2.22 bits per heavy atom. The van der Waals surface area contributed by atoms with Crippen LogP contribution in [0.25, 0.3) is 0 Å². The predicted octanol–water partition coefficient (Wildman–Crippen LogP) is 1.79. The summed E-state index contributed by atoms with van der Waals surface area (Å²) in [4.78, 5) is 24.1. The minimum Gasteiger partial charge on any atom is -0.356 e. The zero-order valence-corrected chi connectivity index (χ0v) is 13.5. The number of benzene rings is 1. The van der Waals surface area contributed by atoms with Crippen molar-refractivity contribution in [2.24, 2.45) is 5.92 Å². The second-order valence-electron chi connectivity index (χ2n) is 5.97. The van der Waals surface area contributed by atoms with Crippen LogP contribution in [0, 0.1) is 11.7 Å². The van der Waals surface area contributed by atoms with Crippen LogP contribution in [-0.4, -0.2) is 31.4 Å². The Morgan fingerprint density at radius 3 is 2.96 bits per heavy atom. The summed E-state index contributed by atoms with van der Waals surface area (Å²) in [6.45, 7) is 2.66. The Bertz CT molecular complexity index is 591. The maximum atomic E-state index is 13.3. The van der Waals surface area contributed by atoms with E-state index < -0.39 is 11.7 Å². The van der Waals surface area contributed by atoms with Gasteiger partial charge in [-0.1, -0.05) is 6.07 Å². The van der Waals surface area contributed by atoms with Crippen molar-refractivity contribution in [2.75, 3.05) is 25.0 Å². The molecular formula is C16H21ClFN3O2. The number of hydrogen-bond donors (Lipinski definition) is 3. The summed E-state index contributed by atoms with van der Waals surface area (Å²) in [5, 5.41) is 8.83. The summed E-state index contributed by atoms with van der Waals surface area (Å²) >= 11 is 0. The topological polar surface area (TPSA) is 70.2 Å². The molecule has 2 unspecified atom stereocenters. The van der Waals surface area contributed by atoms with Crippen molar-refractivity contribution in [3.8, 4) is 0 Å². The molecule has 2 aliphatic heterocycles. The number of carbonyl (C=O) groups excluding carboxylic acids is 2. The zero-order valence-electron chi connectivity index (χ0n) is 12.7. The fourth-order valence-electron chi connectivity index (χ4n) is 3.15. The smallest absolute Gasteiger partial charge is 0.228 e. The van der Waals surface area contributed by atoms with Gasteiger partial charge in [-0.2, -0.15) is 0 Å². The van der Waals surface area contributed by atoms with E-state index in [2.05, 4.69) is 16.0 Å². The third-order valence-electron chi connectivity index (χ3n) is 4.39. The molecule has 23 heavy (non-hydrogen) atoms. The van der Waals surface area contributed by atoms with Crippen molar-refractivity contribution in [3.05, 3.63) is 29.6 Å². The Labute approximate surface area is 140 Å². The molecule has 5 nitrogen and oxygen atoms in total. The van der Waals surface area contributed by atoms with E-state index in [1.807, 2.05) is 0 Å². The average Bonchev–Trinajstić information content (AvgIpc) is 2.99. The molecule has 1 aromatic carbocycles. The highest BCUT2D eigenvalue weighted by atomic mass is 35.5. The van der Waals surface area contributed by atoms with Gasteiger partial charge < -0.3 is 16.0 Å². The van der Waals surface area contributed by atoms with Gasteiger partial charge in [-0.3, -0.25) is 9.59 Å².